The van der Waals surface area contributed by atoms with E-state index in [-0.39, 0.29) is 24.2 Å². The van der Waals surface area contributed by atoms with Gasteiger partial charge in [0, 0.05) is 12.3 Å². The molecule has 0 spiro atoms. The molecule has 0 radical (unpaired) electrons. The Bertz CT molecular complexity index is 1040. The van der Waals surface area contributed by atoms with Crippen LogP contribution in [-0.2, 0) is 4.79 Å². The first-order valence-corrected chi connectivity index (χ1v) is 13.7. The van der Waals surface area contributed by atoms with Crippen LogP contribution in [0.25, 0.3) is 0 Å². The summed E-state index contributed by atoms with van der Waals surface area (Å²) in [5.74, 6) is 0.261. The quantitative estimate of drug-likeness (QED) is 0.284. The van der Waals surface area contributed by atoms with E-state index in [1.807, 2.05) is 38.9 Å². The van der Waals surface area contributed by atoms with Crippen molar-refractivity contribution in [1.82, 2.24) is 25.7 Å². The second kappa shape index (κ2) is 15.1. The van der Waals surface area contributed by atoms with Gasteiger partial charge >= 0.3 is 6.09 Å². The number of thioether (sulfide) groups is 1. The first-order valence-electron chi connectivity index (χ1n) is 12.7. The van der Waals surface area contributed by atoms with Crippen molar-refractivity contribution >= 4 is 42.0 Å². The van der Waals surface area contributed by atoms with Crippen LogP contribution >= 0.6 is 24.2 Å². The average Bonchev–Trinajstić information content (AvgIpc) is 3.32. The fourth-order valence-electron chi connectivity index (χ4n) is 4.21. The number of nitrogens with zero attached hydrogens (tertiary/aromatic N) is 3. The Morgan fingerprint density at radius 3 is 2.42 bits per heavy atom. The molecule has 38 heavy (non-hydrogen) atoms. The molecule has 1 aliphatic rings. The maximum Gasteiger partial charge on any atom is 0.413 e. The van der Waals surface area contributed by atoms with E-state index in [4.69, 9.17) is 9.15 Å². The Morgan fingerprint density at radius 1 is 1.11 bits per heavy atom. The molecule has 1 aliphatic carbocycles. The molecule has 2 N–H and O–H groups in total. The molecule has 0 aliphatic heterocycles. The number of hydrogen-bond donors (Lipinski definition) is 2. The van der Waals surface area contributed by atoms with Crippen molar-refractivity contribution in [2.24, 2.45) is 5.92 Å². The highest BCUT2D eigenvalue weighted by Crippen LogP contribution is 2.29. The largest absolute Gasteiger partial charge is 0.413 e. The van der Waals surface area contributed by atoms with Crippen LogP contribution in [0.15, 0.2) is 40.0 Å². The van der Waals surface area contributed by atoms with Crippen LogP contribution in [-0.4, -0.2) is 70.9 Å². The van der Waals surface area contributed by atoms with E-state index < -0.39 is 29.4 Å². The maximum atomic E-state index is 13.6. The van der Waals surface area contributed by atoms with E-state index in [0.717, 1.165) is 31.6 Å². The van der Waals surface area contributed by atoms with E-state index in [1.54, 1.807) is 24.3 Å². The summed E-state index contributed by atoms with van der Waals surface area (Å²) in [5, 5.41) is 13.9. The number of hydrogen-bond acceptors (Lipinski definition) is 9. The zero-order valence-corrected chi connectivity index (χ0v) is 24.0. The monoisotopic (exact) mass is 567 g/mol. The van der Waals surface area contributed by atoms with Crippen molar-refractivity contribution in [2.75, 3.05) is 26.4 Å². The van der Waals surface area contributed by atoms with E-state index in [2.05, 4.69) is 20.8 Å². The summed E-state index contributed by atoms with van der Waals surface area (Å²) in [7, 11) is 3.94. The first-order chi connectivity index (χ1) is 17.7. The summed E-state index contributed by atoms with van der Waals surface area (Å²) in [6.07, 6.45) is 3.12. The van der Waals surface area contributed by atoms with Gasteiger partial charge in [-0.2, -0.15) is 0 Å². The number of aromatic nitrogens is 2. The number of ether oxygens (including phenoxy) is 1. The highest BCUT2D eigenvalue weighted by atomic mass is 35.5. The summed E-state index contributed by atoms with van der Waals surface area (Å²) in [4.78, 5) is 41.7. The number of carbonyl (C=O) groups is 3. The smallest absolute Gasteiger partial charge is 0.410 e. The Morgan fingerprint density at radius 2 is 1.79 bits per heavy atom. The summed E-state index contributed by atoms with van der Waals surface area (Å²) >= 11 is 1.37. The van der Waals surface area contributed by atoms with Gasteiger partial charge in [0.05, 0.1) is 6.04 Å². The maximum absolute atomic E-state index is 13.6. The molecule has 210 valence electrons. The van der Waals surface area contributed by atoms with Gasteiger partial charge in [-0.25, -0.2) is 4.79 Å². The normalized spacial score (nSPS) is 15.4. The lowest BCUT2D eigenvalue weighted by molar-refractivity contribution is -0.129. The molecule has 12 heteroatoms. The molecule has 1 heterocycles. The molecule has 1 fully saturated rings. The molecular formula is C26H38ClN5O5S. The third kappa shape index (κ3) is 9.28. The molecule has 1 unspecified atom stereocenters. The molecule has 2 amide bonds. The first kappa shape index (κ1) is 31.6. The molecule has 10 nitrogen and oxygen atoms in total. The Balaban J connectivity index is 0.00000507. The van der Waals surface area contributed by atoms with Crippen molar-refractivity contribution in [1.29, 1.82) is 0 Å². The van der Waals surface area contributed by atoms with Gasteiger partial charge in [-0.15, -0.1) is 22.6 Å². The lowest BCUT2D eigenvalue weighted by Gasteiger charge is -2.37. The Hall–Kier alpha value is -2.63. The van der Waals surface area contributed by atoms with Gasteiger partial charge in [0.15, 0.2) is 0 Å². The number of nitrogens with one attached hydrogen (secondary N) is 2. The fraction of sp³-hybridized carbons (Fsp3) is 0.577. The van der Waals surface area contributed by atoms with Crippen molar-refractivity contribution in [2.45, 2.75) is 69.2 Å². The van der Waals surface area contributed by atoms with Gasteiger partial charge in [0.1, 0.15) is 11.3 Å². The standard InChI is InChI=1S/C26H37N5O5S.ClH/c1-18(2)17-20(21(32)22-29-30-25(36-22)37-16-15-31(3)4)27-23(33)26(13-9-6-10-14-26)28-24(34)35-19-11-7-5-8-12-19;/h5,7-8,11-12,18,20H,6,9-10,13-17H2,1-4H3,(H,27,33)(H,28,34);1H. The lowest BCUT2D eigenvalue weighted by atomic mass is 9.80. The second-order valence-corrected chi connectivity index (χ2v) is 11.1. The van der Waals surface area contributed by atoms with Crippen LogP contribution in [0.4, 0.5) is 4.79 Å². The molecule has 1 aromatic heterocycles. The van der Waals surface area contributed by atoms with Gasteiger partial charge in [-0.05, 0) is 51.4 Å². The Labute approximate surface area is 234 Å². The predicted molar refractivity (Wildman–Crippen MR) is 148 cm³/mol. The molecule has 0 saturated heterocycles. The van der Waals surface area contributed by atoms with Gasteiger partial charge in [-0.1, -0.05) is 63.1 Å². The van der Waals surface area contributed by atoms with E-state index in [1.165, 1.54) is 11.8 Å². The van der Waals surface area contributed by atoms with Crippen molar-refractivity contribution in [3.8, 4) is 5.75 Å². The number of rotatable bonds is 12. The second-order valence-electron chi connectivity index (χ2n) is 10.0. The van der Waals surface area contributed by atoms with Crippen LogP contribution in [0.3, 0.4) is 0 Å². The number of amides is 2. The lowest BCUT2D eigenvalue weighted by Crippen LogP contribution is -2.62. The zero-order chi connectivity index (χ0) is 26.8. The summed E-state index contributed by atoms with van der Waals surface area (Å²) in [5.41, 5.74) is -1.17. The van der Waals surface area contributed by atoms with Gasteiger partial charge in [0.2, 0.25) is 11.7 Å². The number of Topliss-reactive ketones (excluding diaryl/α,β-unsaturated/α-hetero) is 1. The average molecular weight is 568 g/mol. The Kier molecular flexibility index (Phi) is 12.5. The molecule has 1 atom stereocenters. The molecule has 0 bridgehead atoms. The van der Waals surface area contributed by atoms with E-state index in [9.17, 15) is 14.4 Å². The SMILES string of the molecule is CC(C)CC(NC(=O)C1(NC(=O)Oc2ccccc2)CCCCC1)C(=O)c1nnc(SCCN(C)C)o1.Cl. The highest BCUT2D eigenvalue weighted by Gasteiger charge is 2.43. The fourth-order valence-corrected chi connectivity index (χ4v) is 5.08. The summed E-state index contributed by atoms with van der Waals surface area (Å²) < 4.78 is 11.0. The minimum absolute atomic E-state index is 0. The van der Waals surface area contributed by atoms with Crippen molar-refractivity contribution in [3.63, 3.8) is 0 Å². The van der Waals surface area contributed by atoms with Crippen LogP contribution < -0.4 is 15.4 Å². The number of benzene rings is 1. The number of ketones is 1. The molecule has 1 aromatic carbocycles. The molecule has 1 saturated carbocycles. The van der Waals surface area contributed by atoms with E-state index >= 15 is 0 Å². The van der Waals surface area contributed by atoms with Crippen LogP contribution in [0, 0.1) is 5.92 Å². The molecular weight excluding hydrogens is 530 g/mol. The van der Waals surface area contributed by atoms with Crippen LogP contribution in [0.5, 0.6) is 5.75 Å². The molecule has 2 aromatic rings. The number of carbonyl (C=O) groups excluding carboxylic acids is 3. The summed E-state index contributed by atoms with van der Waals surface area (Å²) in [6.45, 7) is 4.76. The topological polar surface area (TPSA) is 127 Å². The minimum atomic E-state index is -1.17. The summed E-state index contributed by atoms with van der Waals surface area (Å²) in [6, 6.07) is 7.82. The third-order valence-corrected chi connectivity index (χ3v) is 6.95. The minimum Gasteiger partial charge on any atom is -0.410 e. The van der Waals surface area contributed by atoms with Crippen molar-refractivity contribution < 1.29 is 23.5 Å². The van der Waals surface area contributed by atoms with Gasteiger partial charge < -0.3 is 24.7 Å². The number of para-hydroxylation sites is 1. The zero-order valence-electron chi connectivity index (χ0n) is 22.4. The number of halogens is 1. The highest BCUT2D eigenvalue weighted by molar-refractivity contribution is 7.99. The molecule has 3 rings (SSSR count). The van der Waals surface area contributed by atoms with E-state index in [0.29, 0.717) is 30.2 Å². The van der Waals surface area contributed by atoms with Gasteiger partial charge in [0.25, 0.3) is 11.1 Å². The van der Waals surface area contributed by atoms with Crippen molar-refractivity contribution in [3.05, 3.63) is 36.2 Å². The van der Waals surface area contributed by atoms with Crippen LogP contribution in [0.2, 0.25) is 0 Å². The third-order valence-electron chi connectivity index (χ3n) is 6.15. The van der Waals surface area contributed by atoms with Gasteiger partial charge in [-0.3, -0.25) is 9.59 Å². The van der Waals surface area contributed by atoms with Crippen LogP contribution in [0.1, 0.15) is 63.1 Å². The predicted octanol–water partition coefficient (Wildman–Crippen LogP) is 4.35.